The summed E-state index contributed by atoms with van der Waals surface area (Å²) < 4.78 is 29.2. The second-order valence-electron chi connectivity index (χ2n) is 11.9. The van der Waals surface area contributed by atoms with Crippen molar-refractivity contribution >= 4 is 23.7 Å². The molecule has 0 spiro atoms. The molecule has 13 heteroatoms. The van der Waals surface area contributed by atoms with Crippen molar-refractivity contribution in [3.8, 4) is 34.8 Å². The zero-order valence-corrected chi connectivity index (χ0v) is 25.8. The van der Waals surface area contributed by atoms with Gasteiger partial charge in [-0.25, -0.2) is 4.79 Å². The number of nitriles is 1. The summed E-state index contributed by atoms with van der Waals surface area (Å²) in [4.78, 5) is 29.6. The number of piperazine rings is 1. The molecule has 0 amide bonds. The number of thioether (sulfide) groups is 1. The van der Waals surface area contributed by atoms with Gasteiger partial charge in [0, 0.05) is 47.0 Å². The second-order valence-corrected chi connectivity index (χ2v) is 13.1. The topological polar surface area (TPSA) is 151 Å². The van der Waals surface area contributed by atoms with Gasteiger partial charge in [-0.05, 0) is 38.4 Å². The molecule has 0 aromatic heterocycles. The van der Waals surface area contributed by atoms with Crippen LogP contribution in [0.3, 0.4) is 0 Å². The average molecular weight is 624 g/mol. The molecule has 12 nitrogen and oxygen atoms in total. The highest BCUT2D eigenvalue weighted by atomic mass is 32.2. The number of fused-ring (bicyclic) bond motifs is 9. The van der Waals surface area contributed by atoms with Gasteiger partial charge in [0.25, 0.3) is 0 Å². The first-order valence-corrected chi connectivity index (χ1v) is 15.5. The third-order valence-electron chi connectivity index (χ3n) is 9.64. The zero-order valence-electron chi connectivity index (χ0n) is 24.9. The summed E-state index contributed by atoms with van der Waals surface area (Å²) in [6.45, 7) is 4.77. The molecule has 44 heavy (non-hydrogen) atoms. The van der Waals surface area contributed by atoms with Crippen molar-refractivity contribution < 1.29 is 43.5 Å². The van der Waals surface area contributed by atoms with Crippen LogP contribution in [0.1, 0.15) is 57.6 Å². The Balaban J connectivity index is 1.56. The second kappa shape index (κ2) is 10.4. The summed E-state index contributed by atoms with van der Waals surface area (Å²) in [7, 11) is 3.48. The van der Waals surface area contributed by atoms with Crippen molar-refractivity contribution in [3.63, 3.8) is 0 Å². The van der Waals surface area contributed by atoms with E-state index in [1.807, 2.05) is 20.0 Å². The normalized spacial score (nSPS) is 30.4. The molecule has 0 saturated carbocycles. The predicted molar refractivity (Wildman–Crippen MR) is 156 cm³/mol. The van der Waals surface area contributed by atoms with Crippen LogP contribution < -0.4 is 18.9 Å². The summed E-state index contributed by atoms with van der Waals surface area (Å²) in [5.74, 6) is 0.343. The molecular weight excluding hydrogens is 590 g/mol. The van der Waals surface area contributed by atoms with Crippen LogP contribution in [0, 0.1) is 25.2 Å². The van der Waals surface area contributed by atoms with Crippen molar-refractivity contribution in [2.24, 2.45) is 0 Å². The number of aryl methyl sites for hydroxylation is 1. The number of benzene rings is 2. The zero-order chi connectivity index (χ0) is 31.2. The number of nitrogens with zero attached hydrogens (tertiary/aromatic N) is 3. The number of esters is 2. The first kappa shape index (κ1) is 29.0. The number of methoxy groups -OCH3 is 1. The Labute approximate surface area is 258 Å². The van der Waals surface area contributed by atoms with Crippen molar-refractivity contribution in [3.05, 3.63) is 39.4 Å². The lowest BCUT2D eigenvalue weighted by Gasteiger charge is -2.61. The van der Waals surface area contributed by atoms with Crippen molar-refractivity contribution in [1.29, 1.82) is 5.26 Å². The van der Waals surface area contributed by atoms with Crippen molar-refractivity contribution in [1.82, 2.24) is 9.80 Å². The monoisotopic (exact) mass is 623 g/mol. The van der Waals surface area contributed by atoms with Crippen molar-refractivity contribution in [2.45, 2.75) is 68.8 Å². The van der Waals surface area contributed by atoms with E-state index in [0.717, 1.165) is 11.1 Å². The van der Waals surface area contributed by atoms with E-state index >= 15 is 0 Å². The first-order chi connectivity index (χ1) is 21.1. The summed E-state index contributed by atoms with van der Waals surface area (Å²) in [5, 5.41) is 32.7. The molecule has 2 aromatic carbocycles. The minimum atomic E-state index is -1.39. The number of likely N-dealkylation sites (N-methyl/N-ethyl adjacent to an activating group) is 1. The van der Waals surface area contributed by atoms with E-state index in [-0.39, 0.29) is 30.9 Å². The van der Waals surface area contributed by atoms with Gasteiger partial charge >= 0.3 is 11.9 Å². The number of hydrogen-bond acceptors (Lipinski definition) is 13. The lowest BCUT2D eigenvalue weighted by atomic mass is 9.71. The lowest BCUT2D eigenvalue weighted by molar-refractivity contribution is -0.157. The third-order valence-corrected chi connectivity index (χ3v) is 11.0. The Morgan fingerprint density at radius 1 is 1.16 bits per heavy atom. The highest BCUT2D eigenvalue weighted by Gasteiger charge is 2.60. The minimum Gasteiger partial charge on any atom is -0.504 e. The van der Waals surface area contributed by atoms with Crippen LogP contribution in [0.15, 0.2) is 6.07 Å². The molecule has 5 aliphatic rings. The van der Waals surface area contributed by atoms with Gasteiger partial charge in [0.1, 0.15) is 18.4 Å². The number of rotatable bonds is 2. The van der Waals surface area contributed by atoms with E-state index in [0.29, 0.717) is 51.7 Å². The van der Waals surface area contributed by atoms with Gasteiger partial charge in [0.05, 0.1) is 30.5 Å². The smallest absolute Gasteiger partial charge is 0.335 e. The predicted octanol–water partition coefficient (Wildman–Crippen LogP) is 2.59. The van der Waals surface area contributed by atoms with Gasteiger partial charge in [0.2, 0.25) is 6.79 Å². The van der Waals surface area contributed by atoms with Crippen LogP contribution in [0.2, 0.25) is 0 Å². The molecule has 7 rings (SSSR count). The molecular formula is C31H33N3O9S. The van der Waals surface area contributed by atoms with Crippen LogP contribution in [-0.4, -0.2) is 89.5 Å². The molecule has 1 unspecified atom stereocenters. The van der Waals surface area contributed by atoms with E-state index in [2.05, 4.69) is 15.9 Å². The average Bonchev–Trinajstić information content (AvgIpc) is 3.47. The molecule has 0 radical (unpaired) electrons. The largest absolute Gasteiger partial charge is 0.504 e. The Morgan fingerprint density at radius 3 is 2.61 bits per heavy atom. The lowest BCUT2D eigenvalue weighted by Crippen LogP contribution is -2.69. The standard InChI is InChI=1S/C31H33N3O9S/c1-12-6-15-7-16-17(8-32)34-18-9-40-31(38)19(36)10-44-30(24(34)23(33(16)4)20(15)25(37)26(12)39-5)22-21(18)29-28(41-11-42-29)13(2)27(22)43-14(3)35/h6,16-19,23-24,30,36-37H,7,9-11H2,1-5H3/t16-,17-,18+,19+,23+,24?,30+/m0/s1. The van der Waals surface area contributed by atoms with E-state index in [1.54, 1.807) is 6.92 Å². The number of aliphatic hydroxyl groups is 1. The van der Waals surface area contributed by atoms with E-state index in [4.69, 9.17) is 23.7 Å². The number of carbonyl (C=O) groups excluding carboxylic acids is 2. The molecule has 0 aliphatic carbocycles. The number of phenols is 1. The molecule has 4 bridgehead atoms. The van der Waals surface area contributed by atoms with Gasteiger partial charge in [-0.2, -0.15) is 5.26 Å². The number of aliphatic hydroxyl groups excluding tert-OH is 1. The van der Waals surface area contributed by atoms with Gasteiger partial charge < -0.3 is 33.9 Å². The maximum absolute atomic E-state index is 12.8. The highest BCUT2D eigenvalue weighted by molar-refractivity contribution is 7.99. The highest BCUT2D eigenvalue weighted by Crippen LogP contribution is 2.64. The van der Waals surface area contributed by atoms with Gasteiger partial charge in [0.15, 0.2) is 29.1 Å². The van der Waals surface area contributed by atoms with Gasteiger partial charge in [-0.1, -0.05) is 6.07 Å². The van der Waals surface area contributed by atoms with Crippen LogP contribution in [0.5, 0.6) is 28.7 Å². The maximum Gasteiger partial charge on any atom is 0.335 e. The molecule has 2 saturated heterocycles. The van der Waals surface area contributed by atoms with E-state index in [9.17, 15) is 25.1 Å². The van der Waals surface area contributed by atoms with Crippen molar-refractivity contribution in [2.75, 3.05) is 33.3 Å². The Morgan fingerprint density at radius 2 is 1.91 bits per heavy atom. The number of hydrogen-bond donors (Lipinski definition) is 2. The minimum absolute atomic E-state index is 0.0158. The van der Waals surface area contributed by atoms with Crippen LogP contribution >= 0.6 is 11.8 Å². The molecule has 2 N–H and O–H groups in total. The summed E-state index contributed by atoms with van der Waals surface area (Å²) >= 11 is 1.32. The van der Waals surface area contributed by atoms with E-state index in [1.165, 1.54) is 25.8 Å². The summed E-state index contributed by atoms with van der Waals surface area (Å²) in [6.07, 6.45) is -0.887. The van der Waals surface area contributed by atoms with E-state index < -0.39 is 47.5 Å². The molecule has 5 heterocycles. The SMILES string of the molecule is COc1c(C)cc2c(c1O)[C@@H]1C3[C@@H]4SC[C@@H](O)C(=O)OC[C@H](c5c6c(c(C)c(OC(C)=O)c54)OCO6)N3[C@@H](C#N)[C@H](C2)N1C. The quantitative estimate of drug-likeness (QED) is 0.373. The van der Waals surface area contributed by atoms with Crippen LogP contribution in [0.25, 0.3) is 0 Å². The Kier molecular flexibility index (Phi) is 6.89. The van der Waals surface area contributed by atoms with Crippen LogP contribution in [-0.2, 0) is 20.7 Å². The fourth-order valence-electron chi connectivity index (χ4n) is 7.96. The Hall–Kier alpha value is -3.70. The molecule has 5 aliphatic heterocycles. The number of cyclic esters (lactones) is 1. The van der Waals surface area contributed by atoms with Gasteiger partial charge in [-0.15, -0.1) is 11.8 Å². The number of aromatic hydroxyl groups is 1. The third kappa shape index (κ3) is 3.94. The number of phenolic OH excluding ortho intramolecular Hbond substituents is 1. The molecule has 232 valence electrons. The summed E-state index contributed by atoms with van der Waals surface area (Å²) in [6, 6.07) is 2.00. The summed E-state index contributed by atoms with van der Waals surface area (Å²) in [5.41, 5.74) is 4.30. The van der Waals surface area contributed by atoms with Gasteiger partial charge in [-0.3, -0.25) is 14.6 Å². The number of ether oxygens (including phenoxy) is 5. The fourth-order valence-corrected chi connectivity index (χ4v) is 9.37. The fraction of sp³-hybridized carbons (Fsp3) is 0.516. The number of carbonyl (C=O) groups is 2. The maximum atomic E-state index is 12.8. The first-order valence-electron chi connectivity index (χ1n) is 14.5. The van der Waals surface area contributed by atoms with Crippen LogP contribution in [0.4, 0.5) is 0 Å². The Bertz CT molecular complexity index is 1640. The molecule has 2 aromatic rings. The molecule has 2 fully saturated rings. The molecule has 7 atom stereocenters.